The van der Waals surface area contributed by atoms with Gasteiger partial charge in [0.25, 0.3) is 6.33 Å². The van der Waals surface area contributed by atoms with Crippen LogP contribution in [0.2, 0.25) is 0 Å². The summed E-state index contributed by atoms with van der Waals surface area (Å²) >= 11 is 0. The van der Waals surface area contributed by atoms with E-state index < -0.39 is 147 Å². The molecule has 0 unspecified atom stereocenters. The summed E-state index contributed by atoms with van der Waals surface area (Å²) in [5.74, 6) is 1.54. The molecule has 12 aromatic rings. The molecule has 0 saturated heterocycles. The maximum atomic E-state index is 9.70. The molecule has 312 valence electrons. The summed E-state index contributed by atoms with van der Waals surface area (Å²) in [6, 6.07) is 19.6. The van der Waals surface area contributed by atoms with Gasteiger partial charge in [-0.05, 0) is 100.0 Å². The molecule has 0 fully saturated rings. The lowest BCUT2D eigenvalue weighted by molar-refractivity contribution is -0.571. The van der Waals surface area contributed by atoms with E-state index in [0.717, 1.165) is 27.9 Å². The fourth-order valence-electron chi connectivity index (χ4n) is 8.03. The molecule has 0 bridgehead atoms. The summed E-state index contributed by atoms with van der Waals surface area (Å²) in [6.07, 6.45) is 4.99. The summed E-state index contributed by atoms with van der Waals surface area (Å²) in [4.78, 5) is 4.64. The Morgan fingerprint density at radius 3 is 1.92 bits per heavy atom. The molecule has 3 aromatic heterocycles. The van der Waals surface area contributed by atoms with Crippen molar-refractivity contribution in [2.24, 2.45) is 0 Å². The van der Waals surface area contributed by atoms with Crippen molar-refractivity contribution in [3.8, 4) is 73.2 Å². The van der Waals surface area contributed by atoms with Crippen LogP contribution in [-0.4, -0.2) is 14.1 Å². The van der Waals surface area contributed by atoms with Crippen LogP contribution in [0.25, 0.3) is 94.5 Å². The Morgan fingerprint density at radius 1 is 0.500 bits per heavy atom. The van der Waals surface area contributed by atoms with Gasteiger partial charge in [0.2, 0.25) is 0 Å². The molecule has 12 rings (SSSR count). The highest BCUT2D eigenvalue weighted by atomic mass is 16.5. The summed E-state index contributed by atoms with van der Waals surface area (Å²) in [7, 11) is 0. The van der Waals surface area contributed by atoms with Gasteiger partial charge in [-0.15, -0.1) is 0 Å². The highest BCUT2D eigenvalue weighted by molar-refractivity contribution is 6.09. The summed E-state index contributed by atoms with van der Waals surface area (Å²) < 4.78 is 185. The first-order valence-corrected chi connectivity index (χ1v) is 20.7. The predicted octanol–water partition coefficient (Wildman–Crippen LogP) is 15.0. The van der Waals surface area contributed by atoms with Crippen molar-refractivity contribution in [3.63, 3.8) is 0 Å². The Hall–Kier alpha value is -8.80. The summed E-state index contributed by atoms with van der Waals surface area (Å²) in [5.41, 5.74) is -1.94. The number of pyridine rings is 1. The molecule has 0 atom stereocenters. The zero-order chi connectivity index (χ0) is 60.5. The third kappa shape index (κ3) is 7.00. The first-order chi connectivity index (χ1) is 40.5. The number of aromatic nitrogens is 4. The SMILES string of the molecule is [2H]c1cc(-c2c([2H])c([2H])c(-c3c([2H])c([2H])c([2H])c(-c4c([2H])c([2H])c(-c5c([2H])c([2H])c([2H])c([2H])c5[2H])c([2H])c4[2H])c3-[n+]3[c-]n(-c4cccc(Oc5ccc6c7ccccc7n(-c7ccccn7)c6c5)c4)c4ccccc43)c([2H])c2[2H])c([2H])c([2H])c1C. The van der Waals surface area contributed by atoms with Gasteiger partial charge in [0.05, 0.1) is 59.5 Å². The molecule has 0 radical (unpaired) electrons. The second-order valence-electron chi connectivity index (χ2n) is 15.1. The first kappa shape index (κ1) is 23.8. The van der Waals surface area contributed by atoms with Crippen LogP contribution < -0.4 is 9.30 Å². The van der Waals surface area contributed by atoms with Crippen molar-refractivity contribution >= 4 is 32.8 Å². The lowest BCUT2D eigenvalue weighted by Gasteiger charge is -2.18. The monoisotopic (exact) mass is 865 g/mol. The second-order valence-corrected chi connectivity index (χ2v) is 15.1. The Balaban J connectivity index is 1.12. The van der Waals surface area contributed by atoms with Crippen molar-refractivity contribution in [1.82, 2.24) is 14.1 Å². The molecular weight excluding hydrogens is 805 g/mol. The molecule has 66 heavy (non-hydrogen) atoms. The minimum Gasteiger partial charge on any atom is -0.458 e. The van der Waals surface area contributed by atoms with Gasteiger partial charge in [0.1, 0.15) is 17.3 Å². The molecule has 5 nitrogen and oxygen atoms in total. The van der Waals surface area contributed by atoms with Crippen molar-refractivity contribution < 1.29 is 35.3 Å². The van der Waals surface area contributed by atoms with Crippen LogP contribution in [0.4, 0.5) is 0 Å². The normalized spacial score (nSPS) is 15.4. The number of nitrogens with zero attached hydrogens (tertiary/aromatic N) is 4. The number of hydrogen-bond acceptors (Lipinski definition) is 2. The third-order valence-corrected chi connectivity index (χ3v) is 11.1. The highest BCUT2D eigenvalue weighted by Crippen LogP contribution is 2.38. The molecule has 0 aliphatic rings. The number of ether oxygens (including phenoxy) is 1. The average molecular weight is 866 g/mol. The molecule has 9 aromatic carbocycles. The largest absolute Gasteiger partial charge is 0.458 e. The van der Waals surface area contributed by atoms with E-state index in [9.17, 15) is 15.1 Å². The minimum absolute atomic E-state index is 0.136. The van der Waals surface area contributed by atoms with Crippen molar-refractivity contribution in [2.45, 2.75) is 6.92 Å². The Kier molecular flexibility index (Phi) is 5.90. The average Bonchev–Trinajstić information content (AvgIpc) is 1.68. The molecule has 0 aliphatic carbocycles. The van der Waals surface area contributed by atoms with Crippen molar-refractivity contribution in [2.75, 3.05) is 0 Å². The van der Waals surface area contributed by atoms with Crippen LogP contribution in [0.3, 0.4) is 0 Å². The third-order valence-electron chi connectivity index (χ3n) is 11.1. The van der Waals surface area contributed by atoms with E-state index in [2.05, 4.69) is 11.3 Å². The number of benzene rings is 9. The van der Waals surface area contributed by atoms with E-state index in [0.29, 0.717) is 28.5 Å². The summed E-state index contributed by atoms with van der Waals surface area (Å²) in [5, 5.41) is 1.97. The van der Waals surface area contributed by atoms with Crippen LogP contribution in [0.1, 0.15) is 31.6 Å². The molecule has 0 saturated carbocycles. The number of imidazole rings is 1. The van der Waals surface area contributed by atoms with E-state index in [1.165, 1.54) is 11.5 Å². The Morgan fingerprint density at radius 2 is 1.15 bits per heavy atom. The molecule has 0 N–H and O–H groups in total. The molecule has 5 heteroatoms. The van der Waals surface area contributed by atoms with Crippen LogP contribution in [0, 0.1) is 13.3 Å². The lowest BCUT2D eigenvalue weighted by atomic mass is 9.93. The Bertz CT molecular complexity index is 4800. The van der Waals surface area contributed by atoms with E-state index in [4.69, 9.17) is 15.7 Å². The van der Waals surface area contributed by atoms with Crippen LogP contribution in [0.5, 0.6) is 11.5 Å². The number of fused-ring (bicyclic) bond motifs is 4. The topological polar surface area (TPSA) is 35.9 Å². The maximum absolute atomic E-state index is 9.70. The van der Waals surface area contributed by atoms with E-state index in [1.54, 1.807) is 59.3 Å². The van der Waals surface area contributed by atoms with E-state index in [-0.39, 0.29) is 28.7 Å². The smallest absolute Gasteiger partial charge is 0.269 e. The standard InChI is InChI=1S/C61H42N4O/c1-42-24-26-44(27-25-42)46-30-34-48(35-31-46)53-19-12-18-52(47-32-28-45(29-33-47)43-13-3-2-4-14-43)61(53)64-41-63(57-21-7-8-22-58(57)64)49-15-11-16-50(39-49)66-51-36-37-55-54-17-5-6-20-56(54)65(59(55)40-51)60-23-9-10-38-62-60/h2-40H,1H3/i2D,3D,4D,12D,13D,14D,18D,19D,24D,25D,26D,28D,29D,30D,31D,32D,33D,34D,35D. The van der Waals surface area contributed by atoms with E-state index >= 15 is 0 Å². The quantitative estimate of drug-likeness (QED) is 0.107. The minimum atomic E-state index is -0.914. The number of hydrogen-bond donors (Lipinski definition) is 0. The molecule has 0 amide bonds. The second kappa shape index (κ2) is 16.4. The zero-order valence-electron chi connectivity index (χ0n) is 53.7. The summed E-state index contributed by atoms with van der Waals surface area (Å²) in [6.45, 7) is 1.46. The van der Waals surface area contributed by atoms with Gasteiger partial charge in [0, 0.05) is 23.0 Å². The van der Waals surface area contributed by atoms with Gasteiger partial charge in [0.15, 0.2) is 0 Å². The maximum Gasteiger partial charge on any atom is 0.269 e. The fourth-order valence-corrected chi connectivity index (χ4v) is 8.03. The highest BCUT2D eigenvalue weighted by Gasteiger charge is 2.21. The van der Waals surface area contributed by atoms with Crippen LogP contribution in [-0.2, 0) is 0 Å². The van der Waals surface area contributed by atoms with Crippen LogP contribution in [0.15, 0.2) is 236 Å². The molecule has 0 spiro atoms. The van der Waals surface area contributed by atoms with Gasteiger partial charge >= 0.3 is 0 Å². The van der Waals surface area contributed by atoms with Crippen molar-refractivity contribution in [1.29, 1.82) is 0 Å². The molecule has 0 aliphatic heterocycles. The van der Waals surface area contributed by atoms with Crippen molar-refractivity contribution in [3.05, 3.63) is 248 Å². The molecular formula is C61H42N4O. The van der Waals surface area contributed by atoms with Gasteiger partial charge in [-0.2, -0.15) is 0 Å². The fraction of sp³-hybridized carbons (Fsp3) is 0.0164. The van der Waals surface area contributed by atoms with E-state index in [1.807, 2.05) is 65.2 Å². The van der Waals surface area contributed by atoms with Gasteiger partial charge in [-0.3, -0.25) is 13.7 Å². The first-order valence-electron chi connectivity index (χ1n) is 30.2. The van der Waals surface area contributed by atoms with Crippen LogP contribution >= 0.6 is 0 Å². The lowest BCUT2D eigenvalue weighted by Crippen LogP contribution is -2.31. The zero-order valence-corrected chi connectivity index (χ0v) is 34.7. The Labute approximate surface area is 410 Å². The van der Waals surface area contributed by atoms with Gasteiger partial charge in [-0.1, -0.05) is 181 Å². The number of para-hydroxylation sites is 4. The number of rotatable bonds is 9. The van der Waals surface area contributed by atoms with Gasteiger partial charge < -0.3 is 4.74 Å². The molecule has 3 heterocycles. The van der Waals surface area contributed by atoms with Gasteiger partial charge in [-0.25, -0.2) is 4.98 Å². The predicted molar refractivity (Wildman–Crippen MR) is 269 cm³/mol.